The Balaban J connectivity index is 2.59. The molecule has 0 saturated carbocycles. The van der Waals surface area contributed by atoms with Gasteiger partial charge in [0.15, 0.2) is 5.78 Å². The third kappa shape index (κ3) is 4.31. The molecule has 94 valence electrons. The van der Waals surface area contributed by atoms with Crippen molar-refractivity contribution in [3.63, 3.8) is 0 Å². The molecule has 17 heavy (non-hydrogen) atoms. The van der Waals surface area contributed by atoms with Crippen LogP contribution in [0.5, 0.6) is 0 Å². The molecule has 1 aromatic carbocycles. The monoisotopic (exact) mass is 234 g/mol. The van der Waals surface area contributed by atoms with E-state index in [1.165, 1.54) is 5.56 Å². The van der Waals surface area contributed by atoms with E-state index in [0.717, 1.165) is 24.8 Å². The lowest BCUT2D eigenvalue weighted by molar-refractivity contribution is -0.128. The Hall–Kier alpha value is -1.15. The molecule has 0 N–H and O–H groups in total. The third-order valence-corrected chi connectivity index (χ3v) is 3.00. The predicted octanol–water partition coefficient (Wildman–Crippen LogP) is 3.18. The van der Waals surface area contributed by atoms with Crippen molar-refractivity contribution in [3.05, 3.63) is 35.4 Å². The minimum atomic E-state index is -0.245. The van der Waals surface area contributed by atoms with E-state index in [2.05, 4.69) is 26.0 Å². The Morgan fingerprint density at radius 2 is 1.76 bits per heavy atom. The second-order valence-electron chi connectivity index (χ2n) is 4.33. The molecule has 0 saturated heterocycles. The number of hydrogen-bond acceptors (Lipinski definition) is 2. The first kappa shape index (κ1) is 13.9. The summed E-state index contributed by atoms with van der Waals surface area (Å²) in [6.07, 6.45) is 3.04. The van der Waals surface area contributed by atoms with Crippen LogP contribution < -0.4 is 0 Å². The highest BCUT2D eigenvalue weighted by atomic mass is 16.5. The Labute approximate surface area is 104 Å². The van der Waals surface area contributed by atoms with Gasteiger partial charge < -0.3 is 4.74 Å². The summed E-state index contributed by atoms with van der Waals surface area (Å²) < 4.78 is 5.22. The van der Waals surface area contributed by atoms with Crippen molar-refractivity contribution < 1.29 is 9.53 Å². The van der Waals surface area contributed by atoms with E-state index in [4.69, 9.17) is 4.74 Å². The fourth-order valence-electron chi connectivity index (χ4n) is 1.88. The molecular formula is C15H22O2. The lowest BCUT2D eigenvalue weighted by atomic mass is 10.0. The second-order valence-corrected chi connectivity index (χ2v) is 4.33. The SMILES string of the molecule is CCCC(OC)C(=O)Cc1ccc(CC)cc1. The van der Waals surface area contributed by atoms with Crippen LogP contribution in [0.3, 0.4) is 0 Å². The molecule has 0 spiro atoms. The van der Waals surface area contributed by atoms with Crippen LogP contribution in [-0.4, -0.2) is 19.0 Å². The van der Waals surface area contributed by atoms with Crippen LogP contribution in [0.25, 0.3) is 0 Å². The summed E-state index contributed by atoms with van der Waals surface area (Å²) in [6.45, 7) is 4.19. The molecule has 0 amide bonds. The van der Waals surface area contributed by atoms with Gasteiger partial charge in [0.1, 0.15) is 6.10 Å². The van der Waals surface area contributed by atoms with E-state index >= 15 is 0 Å². The van der Waals surface area contributed by atoms with E-state index in [9.17, 15) is 4.79 Å². The first-order valence-corrected chi connectivity index (χ1v) is 6.34. The fourth-order valence-corrected chi connectivity index (χ4v) is 1.88. The number of aryl methyl sites for hydroxylation is 1. The minimum absolute atomic E-state index is 0.179. The number of carbonyl (C=O) groups excluding carboxylic acids is 1. The van der Waals surface area contributed by atoms with Crippen LogP contribution in [0, 0.1) is 0 Å². The van der Waals surface area contributed by atoms with Gasteiger partial charge in [-0.05, 0) is 24.0 Å². The topological polar surface area (TPSA) is 26.3 Å². The molecule has 1 atom stereocenters. The summed E-state index contributed by atoms with van der Waals surface area (Å²) in [4.78, 5) is 12.0. The molecule has 0 aromatic heterocycles. The number of carbonyl (C=O) groups is 1. The van der Waals surface area contributed by atoms with Gasteiger partial charge in [-0.15, -0.1) is 0 Å². The average Bonchev–Trinajstić information content (AvgIpc) is 2.36. The van der Waals surface area contributed by atoms with Gasteiger partial charge in [-0.3, -0.25) is 4.79 Å². The summed E-state index contributed by atoms with van der Waals surface area (Å²) in [6, 6.07) is 8.25. The van der Waals surface area contributed by atoms with Crippen molar-refractivity contribution in [2.75, 3.05) is 7.11 Å². The lowest BCUT2D eigenvalue weighted by Gasteiger charge is -2.13. The van der Waals surface area contributed by atoms with Crippen LogP contribution in [-0.2, 0) is 22.4 Å². The molecule has 0 bridgehead atoms. The number of Topliss-reactive ketones (excluding diaryl/α,β-unsaturated/α-hetero) is 1. The van der Waals surface area contributed by atoms with Crippen molar-refractivity contribution in [2.45, 2.75) is 45.6 Å². The highest BCUT2D eigenvalue weighted by molar-refractivity contribution is 5.85. The lowest BCUT2D eigenvalue weighted by Crippen LogP contribution is -2.24. The molecule has 2 nitrogen and oxygen atoms in total. The summed E-state index contributed by atoms with van der Waals surface area (Å²) in [5.41, 5.74) is 2.38. The van der Waals surface area contributed by atoms with Gasteiger partial charge in [0.25, 0.3) is 0 Å². The molecule has 0 radical (unpaired) electrons. The van der Waals surface area contributed by atoms with E-state index in [-0.39, 0.29) is 11.9 Å². The van der Waals surface area contributed by atoms with Gasteiger partial charge in [-0.2, -0.15) is 0 Å². The van der Waals surface area contributed by atoms with Crippen molar-refractivity contribution in [1.82, 2.24) is 0 Å². The Bertz CT molecular complexity index is 340. The van der Waals surface area contributed by atoms with Crippen molar-refractivity contribution in [3.8, 4) is 0 Å². The number of ether oxygens (including phenoxy) is 1. The van der Waals surface area contributed by atoms with Gasteiger partial charge in [0, 0.05) is 13.5 Å². The maximum atomic E-state index is 12.0. The van der Waals surface area contributed by atoms with Crippen molar-refractivity contribution >= 4 is 5.78 Å². The van der Waals surface area contributed by atoms with Crippen molar-refractivity contribution in [1.29, 1.82) is 0 Å². The molecular weight excluding hydrogens is 212 g/mol. The van der Waals surface area contributed by atoms with Gasteiger partial charge in [0.05, 0.1) is 0 Å². The zero-order valence-corrected chi connectivity index (χ0v) is 11.0. The highest BCUT2D eigenvalue weighted by Gasteiger charge is 2.16. The summed E-state index contributed by atoms with van der Waals surface area (Å²) in [5.74, 6) is 0.179. The summed E-state index contributed by atoms with van der Waals surface area (Å²) >= 11 is 0. The van der Waals surface area contributed by atoms with Crippen molar-refractivity contribution in [2.24, 2.45) is 0 Å². The molecule has 1 rings (SSSR count). The molecule has 1 unspecified atom stereocenters. The highest BCUT2D eigenvalue weighted by Crippen LogP contribution is 2.10. The normalized spacial score (nSPS) is 12.4. The zero-order valence-electron chi connectivity index (χ0n) is 11.0. The average molecular weight is 234 g/mol. The van der Waals surface area contributed by atoms with Gasteiger partial charge >= 0.3 is 0 Å². The van der Waals surface area contributed by atoms with E-state index in [0.29, 0.717) is 6.42 Å². The maximum Gasteiger partial charge on any atom is 0.165 e. The van der Waals surface area contributed by atoms with Crippen LogP contribution in [0.1, 0.15) is 37.8 Å². The third-order valence-electron chi connectivity index (χ3n) is 3.00. The van der Waals surface area contributed by atoms with Crippen LogP contribution >= 0.6 is 0 Å². The van der Waals surface area contributed by atoms with E-state index in [1.807, 2.05) is 12.1 Å². The smallest absolute Gasteiger partial charge is 0.165 e. The quantitative estimate of drug-likeness (QED) is 0.724. The van der Waals surface area contributed by atoms with E-state index in [1.54, 1.807) is 7.11 Å². The zero-order chi connectivity index (χ0) is 12.7. The Kier molecular flexibility index (Phi) is 5.92. The first-order valence-electron chi connectivity index (χ1n) is 6.34. The number of methoxy groups -OCH3 is 1. The van der Waals surface area contributed by atoms with E-state index < -0.39 is 0 Å². The number of rotatable bonds is 7. The van der Waals surface area contributed by atoms with Gasteiger partial charge in [-0.1, -0.05) is 44.5 Å². The molecule has 0 heterocycles. The fraction of sp³-hybridized carbons (Fsp3) is 0.533. The number of benzene rings is 1. The van der Waals surface area contributed by atoms with Gasteiger partial charge in [0.2, 0.25) is 0 Å². The summed E-state index contributed by atoms with van der Waals surface area (Å²) in [7, 11) is 1.61. The first-order chi connectivity index (χ1) is 8.21. The molecule has 0 aliphatic carbocycles. The minimum Gasteiger partial charge on any atom is -0.374 e. The number of hydrogen-bond donors (Lipinski definition) is 0. The van der Waals surface area contributed by atoms with Crippen LogP contribution in [0.15, 0.2) is 24.3 Å². The largest absolute Gasteiger partial charge is 0.374 e. The second kappa shape index (κ2) is 7.23. The predicted molar refractivity (Wildman–Crippen MR) is 70.2 cm³/mol. The molecule has 0 aliphatic heterocycles. The molecule has 0 aliphatic rings. The number of ketones is 1. The Morgan fingerprint density at radius 1 is 1.18 bits per heavy atom. The maximum absolute atomic E-state index is 12.0. The molecule has 1 aromatic rings. The molecule has 2 heteroatoms. The van der Waals surface area contributed by atoms with Gasteiger partial charge in [-0.25, -0.2) is 0 Å². The molecule has 0 fully saturated rings. The van der Waals surface area contributed by atoms with Crippen LogP contribution in [0.2, 0.25) is 0 Å². The standard InChI is InChI=1S/C15H22O2/c1-4-6-15(17-3)14(16)11-13-9-7-12(5-2)8-10-13/h7-10,15H,4-6,11H2,1-3H3. The Morgan fingerprint density at radius 3 is 2.24 bits per heavy atom. The van der Waals surface area contributed by atoms with Crippen LogP contribution in [0.4, 0.5) is 0 Å². The summed E-state index contributed by atoms with van der Waals surface area (Å²) in [5, 5.41) is 0.